The highest BCUT2D eigenvalue weighted by molar-refractivity contribution is 6.33. The predicted octanol–water partition coefficient (Wildman–Crippen LogP) is 3.44. The number of amides is 2. The van der Waals surface area contributed by atoms with Crippen LogP contribution < -0.4 is 16.0 Å². The summed E-state index contributed by atoms with van der Waals surface area (Å²) in [5, 5.41) is 14.3. The first-order chi connectivity index (χ1) is 13.4. The molecule has 28 heavy (non-hydrogen) atoms. The topological polar surface area (TPSA) is 83.9 Å². The molecule has 1 unspecified atom stereocenters. The fourth-order valence-electron chi connectivity index (χ4n) is 4.09. The molecule has 0 aromatic carbocycles. The van der Waals surface area contributed by atoms with E-state index in [1.165, 1.54) is 5.69 Å². The molecule has 3 N–H and O–H groups in total. The van der Waals surface area contributed by atoms with Crippen LogP contribution >= 0.6 is 11.6 Å². The Hall–Kier alpha value is -2.12. The number of anilines is 1. The first kappa shape index (κ1) is 19.2. The molecule has 1 saturated heterocycles. The zero-order chi connectivity index (χ0) is 19.7. The Labute approximate surface area is 170 Å². The second-order valence-corrected chi connectivity index (χ2v) is 8.94. The van der Waals surface area contributed by atoms with Gasteiger partial charge in [0.15, 0.2) is 0 Å². The van der Waals surface area contributed by atoms with E-state index in [-0.39, 0.29) is 17.5 Å². The Morgan fingerprint density at radius 1 is 1.29 bits per heavy atom. The van der Waals surface area contributed by atoms with Crippen molar-refractivity contribution in [2.45, 2.75) is 52.1 Å². The molecule has 2 aromatic heterocycles. The third-order valence-corrected chi connectivity index (χ3v) is 5.77. The number of nitrogens with zero attached hydrogens (tertiary/aromatic N) is 3. The molecule has 2 aliphatic rings. The fraction of sp³-hybridized carbons (Fsp3) is 0.550. The second kappa shape index (κ2) is 7.72. The molecule has 7 nitrogen and oxygen atoms in total. The number of hydrogen-bond acceptors (Lipinski definition) is 4. The van der Waals surface area contributed by atoms with E-state index in [0.717, 1.165) is 56.4 Å². The van der Waals surface area contributed by atoms with Gasteiger partial charge >= 0.3 is 6.03 Å². The molecular weight excluding hydrogens is 376 g/mol. The Morgan fingerprint density at radius 2 is 2.14 bits per heavy atom. The van der Waals surface area contributed by atoms with Crippen molar-refractivity contribution in [1.29, 1.82) is 0 Å². The van der Waals surface area contributed by atoms with Gasteiger partial charge in [-0.3, -0.25) is 10.00 Å². The van der Waals surface area contributed by atoms with E-state index < -0.39 is 0 Å². The highest BCUT2D eigenvalue weighted by Crippen LogP contribution is 2.39. The standard InChI is InChI=1S/C20H27ClN6O/c1-20(2)9-17-15(10-24-27(17)12-20)14-8-18(23-11-16(14)21)26-19(28)25-13-4-3-6-22-7-5-13/h8,10-11,13,22H,3-7,9,12H2,1-2H3,(H2,23,25,26,28). The Kier molecular flexibility index (Phi) is 5.29. The average Bonchev–Trinajstić information content (AvgIpc) is 3.01. The number of urea groups is 1. The van der Waals surface area contributed by atoms with Gasteiger partial charge in [-0.05, 0) is 50.3 Å². The highest BCUT2D eigenvalue weighted by Gasteiger charge is 2.32. The molecule has 2 aromatic rings. The Bertz CT molecular complexity index is 870. The van der Waals surface area contributed by atoms with Gasteiger partial charge < -0.3 is 10.6 Å². The van der Waals surface area contributed by atoms with E-state index in [9.17, 15) is 4.79 Å². The largest absolute Gasteiger partial charge is 0.335 e. The lowest BCUT2D eigenvalue weighted by Gasteiger charge is -2.16. The highest BCUT2D eigenvalue weighted by atomic mass is 35.5. The van der Waals surface area contributed by atoms with E-state index >= 15 is 0 Å². The van der Waals surface area contributed by atoms with Crippen molar-refractivity contribution in [2.75, 3.05) is 18.4 Å². The number of carbonyl (C=O) groups excluding carboxylic acids is 1. The molecule has 150 valence electrons. The van der Waals surface area contributed by atoms with Crippen molar-refractivity contribution in [1.82, 2.24) is 25.4 Å². The lowest BCUT2D eigenvalue weighted by Crippen LogP contribution is -2.38. The van der Waals surface area contributed by atoms with Gasteiger partial charge in [-0.2, -0.15) is 5.10 Å². The van der Waals surface area contributed by atoms with Crippen LogP contribution in [0.25, 0.3) is 11.1 Å². The molecule has 0 aliphatic carbocycles. The minimum Gasteiger partial charge on any atom is -0.335 e. The van der Waals surface area contributed by atoms with Gasteiger partial charge in [-0.1, -0.05) is 25.4 Å². The Morgan fingerprint density at radius 3 is 3.00 bits per heavy atom. The van der Waals surface area contributed by atoms with Gasteiger partial charge in [-0.25, -0.2) is 9.78 Å². The lowest BCUT2D eigenvalue weighted by atomic mass is 9.89. The van der Waals surface area contributed by atoms with Crippen molar-refractivity contribution >= 4 is 23.4 Å². The molecule has 2 aliphatic heterocycles. The van der Waals surface area contributed by atoms with Crippen LogP contribution in [0, 0.1) is 5.41 Å². The molecular formula is C20H27ClN6O. The summed E-state index contributed by atoms with van der Waals surface area (Å²) in [6, 6.07) is 1.79. The smallest absolute Gasteiger partial charge is 0.320 e. The molecule has 8 heteroatoms. The third-order valence-electron chi connectivity index (χ3n) is 5.47. The van der Waals surface area contributed by atoms with Gasteiger partial charge in [0.05, 0.1) is 11.2 Å². The predicted molar refractivity (Wildman–Crippen MR) is 111 cm³/mol. The monoisotopic (exact) mass is 402 g/mol. The number of rotatable bonds is 3. The quantitative estimate of drug-likeness (QED) is 0.734. The van der Waals surface area contributed by atoms with Crippen molar-refractivity contribution in [3.8, 4) is 11.1 Å². The molecule has 0 spiro atoms. The summed E-state index contributed by atoms with van der Waals surface area (Å²) in [6.45, 7) is 7.31. The van der Waals surface area contributed by atoms with Gasteiger partial charge in [0, 0.05) is 35.6 Å². The zero-order valence-electron chi connectivity index (χ0n) is 16.4. The number of aromatic nitrogens is 3. The van der Waals surface area contributed by atoms with Crippen molar-refractivity contribution in [3.05, 3.63) is 29.2 Å². The molecule has 1 atom stereocenters. The lowest BCUT2D eigenvalue weighted by molar-refractivity contribution is 0.247. The summed E-state index contributed by atoms with van der Waals surface area (Å²) in [5.74, 6) is 0.487. The van der Waals surface area contributed by atoms with Crippen LogP contribution in [0.1, 0.15) is 38.8 Å². The van der Waals surface area contributed by atoms with Gasteiger partial charge in [0.1, 0.15) is 5.82 Å². The van der Waals surface area contributed by atoms with E-state index in [1.54, 1.807) is 6.20 Å². The molecule has 4 heterocycles. The Balaban J connectivity index is 1.50. The summed E-state index contributed by atoms with van der Waals surface area (Å²) in [4.78, 5) is 16.7. The molecule has 4 rings (SSSR count). The van der Waals surface area contributed by atoms with Crippen LogP contribution in [-0.2, 0) is 13.0 Å². The maximum Gasteiger partial charge on any atom is 0.320 e. The van der Waals surface area contributed by atoms with Crippen LogP contribution in [-0.4, -0.2) is 39.9 Å². The van der Waals surface area contributed by atoms with E-state index in [4.69, 9.17) is 11.6 Å². The summed E-state index contributed by atoms with van der Waals surface area (Å²) in [7, 11) is 0. The maximum absolute atomic E-state index is 12.4. The van der Waals surface area contributed by atoms with E-state index in [1.807, 2.05) is 16.9 Å². The minimum absolute atomic E-state index is 0.183. The van der Waals surface area contributed by atoms with Crippen molar-refractivity contribution in [2.24, 2.45) is 5.41 Å². The first-order valence-electron chi connectivity index (χ1n) is 9.90. The number of halogens is 1. The number of carbonyl (C=O) groups is 1. The fourth-order valence-corrected chi connectivity index (χ4v) is 4.29. The number of nitrogens with one attached hydrogen (secondary N) is 3. The number of pyridine rings is 1. The van der Waals surface area contributed by atoms with Crippen LogP contribution in [0.15, 0.2) is 18.5 Å². The van der Waals surface area contributed by atoms with E-state index in [2.05, 4.69) is 39.9 Å². The van der Waals surface area contributed by atoms with Crippen LogP contribution in [0.2, 0.25) is 5.02 Å². The first-order valence-corrected chi connectivity index (χ1v) is 10.3. The van der Waals surface area contributed by atoms with Crippen molar-refractivity contribution in [3.63, 3.8) is 0 Å². The van der Waals surface area contributed by atoms with Crippen molar-refractivity contribution < 1.29 is 4.79 Å². The van der Waals surface area contributed by atoms with Gasteiger partial charge in [0.25, 0.3) is 0 Å². The molecule has 0 saturated carbocycles. The third kappa shape index (κ3) is 4.15. The van der Waals surface area contributed by atoms with Crippen LogP contribution in [0.3, 0.4) is 0 Å². The summed E-state index contributed by atoms with van der Waals surface area (Å²) in [6.07, 6.45) is 7.38. The number of fused-ring (bicyclic) bond motifs is 1. The van der Waals surface area contributed by atoms with Gasteiger partial charge in [0.2, 0.25) is 0 Å². The molecule has 2 amide bonds. The maximum atomic E-state index is 12.4. The van der Waals surface area contributed by atoms with E-state index in [0.29, 0.717) is 10.8 Å². The normalized spacial score (nSPS) is 21.0. The molecule has 0 radical (unpaired) electrons. The second-order valence-electron chi connectivity index (χ2n) is 8.53. The van der Waals surface area contributed by atoms with Gasteiger partial charge in [-0.15, -0.1) is 0 Å². The molecule has 1 fully saturated rings. The summed E-state index contributed by atoms with van der Waals surface area (Å²) in [5.41, 5.74) is 3.23. The SMILES string of the molecule is CC1(C)Cc2c(-c3cc(NC(=O)NC4CCCNCC4)ncc3Cl)cnn2C1. The summed E-state index contributed by atoms with van der Waals surface area (Å²) < 4.78 is 2.05. The van der Waals surface area contributed by atoms with Crippen LogP contribution in [0.5, 0.6) is 0 Å². The molecule has 0 bridgehead atoms. The summed E-state index contributed by atoms with van der Waals surface area (Å²) >= 11 is 6.44. The van der Waals surface area contributed by atoms with Crippen LogP contribution in [0.4, 0.5) is 10.6 Å². The average molecular weight is 403 g/mol. The number of hydrogen-bond donors (Lipinski definition) is 3. The minimum atomic E-state index is -0.228. The zero-order valence-corrected chi connectivity index (χ0v) is 17.1.